The zero-order valence-electron chi connectivity index (χ0n) is 13.5. The van der Waals surface area contributed by atoms with Gasteiger partial charge in [0, 0.05) is 19.1 Å². The molecule has 2 unspecified atom stereocenters. The molecule has 1 aliphatic heterocycles. The minimum atomic E-state index is 0.675. The lowest BCUT2D eigenvalue weighted by Gasteiger charge is -2.37. The third kappa shape index (κ3) is 4.90. The number of likely N-dealkylation sites (tertiary alicyclic amines) is 1. The Kier molecular flexibility index (Phi) is 6.33. The van der Waals surface area contributed by atoms with Gasteiger partial charge in [0.1, 0.15) is 18.1 Å². The van der Waals surface area contributed by atoms with Crippen molar-refractivity contribution in [1.29, 1.82) is 0 Å². The van der Waals surface area contributed by atoms with Gasteiger partial charge in [0.15, 0.2) is 0 Å². The number of piperidine rings is 1. The van der Waals surface area contributed by atoms with Crippen LogP contribution in [0.1, 0.15) is 20.3 Å². The van der Waals surface area contributed by atoms with Crippen molar-refractivity contribution in [2.75, 3.05) is 39.9 Å². The predicted molar refractivity (Wildman–Crippen MR) is 86.2 cm³/mol. The van der Waals surface area contributed by atoms with Gasteiger partial charge in [0.05, 0.1) is 7.11 Å². The number of methoxy groups -OCH3 is 1. The first kappa shape index (κ1) is 16.1. The zero-order chi connectivity index (χ0) is 15.1. The summed E-state index contributed by atoms with van der Waals surface area (Å²) >= 11 is 0. The molecule has 0 spiro atoms. The van der Waals surface area contributed by atoms with E-state index in [1.165, 1.54) is 6.42 Å². The van der Waals surface area contributed by atoms with E-state index in [9.17, 15) is 0 Å². The fourth-order valence-electron chi connectivity index (χ4n) is 2.97. The van der Waals surface area contributed by atoms with Crippen molar-refractivity contribution in [2.24, 2.45) is 5.92 Å². The van der Waals surface area contributed by atoms with E-state index in [2.05, 4.69) is 24.1 Å². The fraction of sp³-hybridized carbons (Fsp3) is 0.647. The second-order valence-electron chi connectivity index (χ2n) is 5.75. The van der Waals surface area contributed by atoms with Gasteiger partial charge in [-0.3, -0.25) is 4.90 Å². The Morgan fingerprint density at radius 2 is 1.95 bits per heavy atom. The molecule has 4 nitrogen and oxygen atoms in total. The van der Waals surface area contributed by atoms with E-state index in [0.717, 1.165) is 44.3 Å². The van der Waals surface area contributed by atoms with E-state index in [1.807, 2.05) is 24.3 Å². The molecule has 0 saturated carbocycles. The van der Waals surface area contributed by atoms with E-state index in [4.69, 9.17) is 9.47 Å². The molecule has 0 aliphatic carbocycles. The van der Waals surface area contributed by atoms with Crippen LogP contribution < -0.4 is 14.8 Å². The number of hydrogen-bond acceptors (Lipinski definition) is 4. The van der Waals surface area contributed by atoms with Crippen LogP contribution in [0.25, 0.3) is 0 Å². The topological polar surface area (TPSA) is 33.7 Å². The number of rotatable bonds is 7. The lowest BCUT2D eigenvalue weighted by atomic mass is 9.94. The molecule has 4 heteroatoms. The average molecular weight is 292 g/mol. The predicted octanol–water partition coefficient (Wildman–Crippen LogP) is 2.39. The summed E-state index contributed by atoms with van der Waals surface area (Å²) in [6, 6.07) is 8.45. The highest BCUT2D eigenvalue weighted by Gasteiger charge is 2.24. The summed E-state index contributed by atoms with van der Waals surface area (Å²) in [7, 11) is 1.67. The third-order valence-corrected chi connectivity index (χ3v) is 4.19. The quantitative estimate of drug-likeness (QED) is 0.837. The van der Waals surface area contributed by atoms with Crippen molar-refractivity contribution in [3.05, 3.63) is 24.3 Å². The number of ether oxygens (including phenoxy) is 2. The SMILES string of the molecule is CCNC1CCN(CCOc2ccc(OC)cc2)CC1C. The molecule has 1 N–H and O–H groups in total. The van der Waals surface area contributed by atoms with Gasteiger partial charge in [0.2, 0.25) is 0 Å². The maximum Gasteiger partial charge on any atom is 0.119 e. The molecular weight excluding hydrogens is 264 g/mol. The lowest BCUT2D eigenvalue weighted by molar-refractivity contribution is 0.128. The van der Waals surface area contributed by atoms with Crippen LogP contribution in [-0.4, -0.2) is 50.8 Å². The first-order valence-electron chi connectivity index (χ1n) is 7.95. The first-order valence-corrected chi connectivity index (χ1v) is 7.95. The summed E-state index contributed by atoms with van der Waals surface area (Å²) in [5, 5.41) is 3.58. The largest absolute Gasteiger partial charge is 0.497 e. The summed E-state index contributed by atoms with van der Waals surface area (Å²) in [5.74, 6) is 2.48. The fourth-order valence-corrected chi connectivity index (χ4v) is 2.97. The lowest BCUT2D eigenvalue weighted by Crippen LogP contribution is -2.49. The molecule has 0 radical (unpaired) electrons. The number of hydrogen-bond donors (Lipinski definition) is 1. The Morgan fingerprint density at radius 1 is 1.24 bits per heavy atom. The van der Waals surface area contributed by atoms with Gasteiger partial charge in [-0.1, -0.05) is 13.8 Å². The van der Waals surface area contributed by atoms with Crippen LogP contribution in [0.4, 0.5) is 0 Å². The van der Waals surface area contributed by atoms with Crippen LogP contribution in [0.15, 0.2) is 24.3 Å². The molecule has 1 fully saturated rings. The molecule has 1 aromatic rings. The maximum absolute atomic E-state index is 5.80. The van der Waals surface area contributed by atoms with Gasteiger partial charge < -0.3 is 14.8 Å². The first-order chi connectivity index (χ1) is 10.2. The Labute approximate surface area is 128 Å². The highest BCUT2D eigenvalue weighted by atomic mass is 16.5. The van der Waals surface area contributed by atoms with E-state index < -0.39 is 0 Å². The van der Waals surface area contributed by atoms with Crippen molar-refractivity contribution in [2.45, 2.75) is 26.3 Å². The third-order valence-electron chi connectivity index (χ3n) is 4.19. The Balaban J connectivity index is 1.69. The van der Waals surface area contributed by atoms with Crippen molar-refractivity contribution in [1.82, 2.24) is 10.2 Å². The molecule has 1 aliphatic rings. The number of nitrogens with zero attached hydrogens (tertiary/aromatic N) is 1. The second kappa shape index (κ2) is 8.25. The normalized spacial score (nSPS) is 23.0. The smallest absolute Gasteiger partial charge is 0.119 e. The van der Waals surface area contributed by atoms with Gasteiger partial charge in [-0.15, -0.1) is 0 Å². The van der Waals surface area contributed by atoms with Crippen LogP contribution in [-0.2, 0) is 0 Å². The van der Waals surface area contributed by atoms with Gasteiger partial charge in [0.25, 0.3) is 0 Å². The minimum Gasteiger partial charge on any atom is -0.497 e. The average Bonchev–Trinajstić information content (AvgIpc) is 2.51. The molecule has 1 saturated heterocycles. The molecule has 1 heterocycles. The molecule has 2 rings (SSSR count). The van der Waals surface area contributed by atoms with Crippen molar-refractivity contribution >= 4 is 0 Å². The van der Waals surface area contributed by atoms with Gasteiger partial charge in [-0.25, -0.2) is 0 Å². The summed E-state index contributed by atoms with van der Waals surface area (Å²) < 4.78 is 10.9. The van der Waals surface area contributed by atoms with Gasteiger partial charge >= 0.3 is 0 Å². The Hall–Kier alpha value is -1.26. The van der Waals surface area contributed by atoms with E-state index >= 15 is 0 Å². The molecule has 1 aromatic carbocycles. The summed E-state index contributed by atoms with van der Waals surface area (Å²) in [4.78, 5) is 2.50. The standard InChI is InChI=1S/C17H28N2O2/c1-4-18-17-9-10-19(13-14(17)2)11-12-21-16-7-5-15(20-3)6-8-16/h5-8,14,17-18H,4,9-13H2,1-3H3. The Bertz CT molecular complexity index is 408. The molecule has 21 heavy (non-hydrogen) atoms. The molecule has 118 valence electrons. The zero-order valence-corrected chi connectivity index (χ0v) is 13.5. The molecule has 0 amide bonds. The van der Waals surface area contributed by atoms with Crippen LogP contribution in [0.5, 0.6) is 11.5 Å². The monoisotopic (exact) mass is 292 g/mol. The van der Waals surface area contributed by atoms with Gasteiger partial charge in [-0.2, -0.15) is 0 Å². The minimum absolute atomic E-state index is 0.675. The maximum atomic E-state index is 5.80. The summed E-state index contributed by atoms with van der Waals surface area (Å²) in [6.07, 6.45) is 1.23. The van der Waals surface area contributed by atoms with Crippen LogP contribution >= 0.6 is 0 Å². The van der Waals surface area contributed by atoms with Crippen LogP contribution in [0.3, 0.4) is 0 Å². The van der Waals surface area contributed by atoms with E-state index in [0.29, 0.717) is 12.0 Å². The Morgan fingerprint density at radius 3 is 2.57 bits per heavy atom. The summed E-state index contributed by atoms with van der Waals surface area (Å²) in [5.41, 5.74) is 0. The van der Waals surface area contributed by atoms with Crippen molar-refractivity contribution < 1.29 is 9.47 Å². The van der Waals surface area contributed by atoms with Crippen molar-refractivity contribution in [3.8, 4) is 11.5 Å². The number of benzene rings is 1. The van der Waals surface area contributed by atoms with Crippen LogP contribution in [0.2, 0.25) is 0 Å². The van der Waals surface area contributed by atoms with E-state index in [1.54, 1.807) is 7.11 Å². The molecule has 0 bridgehead atoms. The molecular formula is C17H28N2O2. The van der Waals surface area contributed by atoms with Gasteiger partial charge in [-0.05, 0) is 49.7 Å². The van der Waals surface area contributed by atoms with E-state index in [-0.39, 0.29) is 0 Å². The molecule has 0 aromatic heterocycles. The summed E-state index contributed by atoms with van der Waals surface area (Å²) in [6.45, 7) is 9.64. The number of nitrogens with one attached hydrogen (secondary N) is 1. The van der Waals surface area contributed by atoms with Crippen molar-refractivity contribution in [3.63, 3.8) is 0 Å². The molecule has 2 atom stereocenters. The highest BCUT2D eigenvalue weighted by Crippen LogP contribution is 2.18. The van der Waals surface area contributed by atoms with Crippen LogP contribution in [0, 0.1) is 5.92 Å². The highest BCUT2D eigenvalue weighted by molar-refractivity contribution is 5.31. The second-order valence-corrected chi connectivity index (χ2v) is 5.75.